The number of anilines is 1. The topological polar surface area (TPSA) is 62.7 Å². The number of nitrogens with two attached hydrogens (primary N) is 1. The Hall–Kier alpha value is -2.38. The fourth-order valence-corrected chi connectivity index (χ4v) is 2.93. The second-order valence-electron chi connectivity index (χ2n) is 3.89. The Balaban J connectivity index is 2.19. The van der Waals surface area contributed by atoms with E-state index in [0.717, 1.165) is 26.3 Å². The van der Waals surface area contributed by atoms with Crippen LogP contribution in [0.2, 0.25) is 0 Å². The van der Waals surface area contributed by atoms with E-state index in [4.69, 9.17) is 11.0 Å². The molecule has 2 heterocycles. The molecule has 0 atom stereocenters. The summed E-state index contributed by atoms with van der Waals surface area (Å²) < 4.78 is 0. The van der Waals surface area contributed by atoms with Gasteiger partial charge in [0.15, 0.2) is 0 Å². The van der Waals surface area contributed by atoms with E-state index in [2.05, 4.69) is 11.1 Å². The summed E-state index contributed by atoms with van der Waals surface area (Å²) in [4.78, 5) is 6.25. The Morgan fingerprint density at radius 2 is 1.94 bits per heavy atom. The lowest BCUT2D eigenvalue weighted by Crippen LogP contribution is -1.85. The molecular formula is C14H9N3S. The molecule has 18 heavy (non-hydrogen) atoms. The molecule has 2 N–H and O–H groups in total. The summed E-state index contributed by atoms with van der Waals surface area (Å²) >= 11 is 1.57. The van der Waals surface area contributed by atoms with Gasteiger partial charge in [-0.2, -0.15) is 5.26 Å². The van der Waals surface area contributed by atoms with Crippen molar-refractivity contribution in [2.24, 2.45) is 0 Å². The monoisotopic (exact) mass is 251 g/mol. The second kappa shape index (κ2) is 4.13. The van der Waals surface area contributed by atoms with Crippen molar-refractivity contribution < 1.29 is 0 Å². The van der Waals surface area contributed by atoms with Crippen molar-refractivity contribution in [3.05, 3.63) is 48.2 Å². The quantitative estimate of drug-likeness (QED) is 0.720. The Bertz CT molecular complexity index is 751. The molecule has 3 aromatic rings. The van der Waals surface area contributed by atoms with Gasteiger partial charge in [-0.3, -0.25) is 0 Å². The van der Waals surface area contributed by atoms with Crippen LogP contribution in [0.1, 0.15) is 5.56 Å². The van der Waals surface area contributed by atoms with Gasteiger partial charge in [0.2, 0.25) is 0 Å². The van der Waals surface area contributed by atoms with Gasteiger partial charge < -0.3 is 5.73 Å². The zero-order valence-electron chi connectivity index (χ0n) is 9.42. The average Bonchev–Trinajstić information content (AvgIpc) is 2.77. The minimum Gasteiger partial charge on any atom is -0.397 e. The summed E-state index contributed by atoms with van der Waals surface area (Å²) in [5.41, 5.74) is 8.58. The number of nitrogen functional groups attached to an aromatic ring is 1. The zero-order chi connectivity index (χ0) is 12.5. The van der Waals surface area contributed by atoms with E-state index in [9.17, 15) is 0 Å². The lowest BCUT2D eigenvalue weighted by Gasteiger charge is -1.99. The van der Waals surface area contributed by atoms with Crippen LogP contribution >= 0.6 is 11.3 Å². The van der Waals surface area contributed by atoms with Crippen molar-refractivity contribution in [3.63, 3.8) is 0 Å². The normalized spacial score (nSPS) is 10.4. The summed E-state index contributed by atoms with van der Waals surface area (Å²) in [6, 6.07) is 13.4. The SMILES string of the molecule is N#Cc1ccc(-c2sc3ncccc3c2N)cc1. The van der Waals surface area contributed by atoms with Gasteiger partial charge in [-0.25, -0.2) is 4.98 Å². The predicted molar refractivity (Wildman–Crippen MR) is 74.2 cm³/mol. The number of thiophene rings is 1. The summed E-state index contributed by atoms with van der Waals surface area (Å²) in [7, 11) is 0. The average molecular weight is 251 g/mol. The largest absolute Gasteiger partial charge is 0.397 e. The van der Waals surface area contributed by atoms with Crippen LogP contribution in [0, 0.1) is 11.3 Å². The molecule has 0 aliphatic heterocycles. The van der Waals surface area contributed by atoms with Crippen molar-refractivity contribution in [1.29, 1.82) is 5.26 Å². The van der Waals surface area contributed by atoms with Gasteiger partial charge in [0.25, 0.3) is 0 Å². The third kappa shape index (κ3) is 1.62. The van der Waals surface area contributed by atoms with Crippen molar-refractivity contribution in [2.75, 3.05) is 5.73 Å². The zero-order valence-corrected chi connectivity index (χ0v) is 10.2. The number of nitriles is 1. The maximum Gasteiger partial charge on any atom is 0.125 e. The molecule has 3 nitrogen and oxygen atoms in total. The molecule has 0 aliphatic rings. The third-order valence-electron chi connectivity index (χ3n) is 2.78. The Kier molecular flexibility index (Phi) is 2.47. The van der Waals surface area contributed by atoms with Gasteiger partial charge in [-0.1, -0.05) is 12.1 Å². The molecule has 86 valence electrons. The maximum atomic E-state index is 8.79. The number of nitrogens with zero attached hydrogens (tertiary/aromatic N) is 2. The highest BCUT2D eigenvalue weighted by Crippen LogP contribution is 2.39. The lowest BCUT2D eigenvalue weighted by molar-refractivity contribution is 1.45. The number of fused-ring (bicyclic) bond motifs is 1. The van der Waals surface area contributed by atoms with Gasteiger partial charge in [0, 0.05) is 11.6 Å². The van der Waals surface area contributed by atoms with E-state index in [1.54, 1.807) is 29.7 Å². The molecule has 2 aromatic heterocycles. The Morgan fingerprint density at radius 3 is 2.61 bits per heavy atom. The van der Waals surface area contributed by atoms with E-state index in [1.807, 2.05) is 24.3 Å². The molecule has 0 saturated carbocycles. The highest BCUT2D eigenvalue weighted by Gasteiger charge is 2.11. The van der Waals surface area contributed by atoms with E-state index >= 15 is 0 Å². The molecule has 0 fully saturated rings. The third-order valence-corrected chi connectivity index (χ3v) is 3.96. The van der Waals surface area contributed by atoms with Gasteiger partial charge in [-0.05, 0) is 29.8 Å². The van der Waals surface area contributed by atoms with E-state index in [0.29, 0.717) is 5.56 Å². The van der Waals surface area contributed by atoms with E-state index < -0.39 is 0 Å². The van der Waals surface area contributed by atoms with Gasteiger partial charge in [0.1, 0.15) is 4.83 Å². The summed E-state index contributed by atoms with van der Waals surface area (Å²) in [5, 5.41) is 9.77. The highest BCUT2D eigenvalue weighted by molar-refractivity contribution is 7.22. The van der Waals surface area contributed by atoms with Crippen LogP contribution in [-0.4, -0.2) is 4.98 Å². The van der Waals surface area contributed by atoms with E-state index in [-0.39, 0.29) is 0 Å². The highest BCUT2D eigenvalue weighted by atomic mass is 32.1. The number of hydrogen-bond donors (Lipinski definition) is 1. The van der Waals surface area contributed by atoms with Crippen LogP contribution < -0.4 is 5.73 Å². The summed E-state index contributed by atoms with van der Waals surface area (Å²) in [6.07, 6.45) is 1.76. The van der Waals surface area contributed by atoms with Crippen molar-refractivity contribution in [1.82, 2.24) is 4.98 Å². The number of rotatable bonds is 1. The first kappa shape index (κ1) is 10.8. The number of aromatic nitrogens is 1. The molecule has 1 aromatic carbocycles. The first-order valence-corrected chi connectivity index (χ1v) is 6.25. The lowest BCUT2D eigenvalue weighted by atomic mass is 10.1. The predicted octanol–water partition coefficient (Wildman–Crippen LogP) is 3.42. The van der Waals surface area contributed by atoms with Crippen LogP contribution in [0.3, 0.4) is 0 Å². The van der Waals surface area contributed by atoms with Gasteiger partial charge >= 0.3 is 0 Å². The van der Waals surface area contributed by atoms with Crippen molar-refractivity contribution in [2.45, 2.75) is 0 Å². The standard InChI is InChI=1S/C14H9N3S/c15-8-9-3-5-10(6-4-9)13-12(16)11-2-1-7-17-14(11)18-13/h1-7H,16H2. The first-order chi connectivity index (χ1) is 8.79. The molecule has 0 amide bonds. The van der Waals surface area contributed by atoms with Crippen LogP contribution in [0.5, 0.6) is 0 Å². The Labute approximate surface area is 108 Å². The molecule has 0 saturated heterocycles. The number of hydrogen-bond acceptors (Lipinski definition) is 4. The van der Waals surface area contributed by atoms with Crippen LogP contribution in [0.4, 0.5) is 5.69 Å². The number of pyridine rings is 1. The molecule has 0 aliphatic carbocycles. The molecule has 4 heteroatoms. The molecule has 0 bridgehead atoms. The molecule has 0 unspecified atom stereocenters. The maximum absolute atomic E-state index is 8.79. The van der Waals surface area contributed by atoms with Crippen LogP contribution in [0.15, 0.2) is 42.6 Å². The van der Waals surface area contributed by atoms with Crippen molar-refractivity contribution in [3.8, 4) is 16.5 Å². The van der Waals surface area contributed by atoms with Gasteiger partial charge in [-0.15, -0.1) is 11.3 Å². The Morgan fingerprint density at radius 1 is 1.17 bits per heavy atom. The molecular weight excluding hydrogens is 242 g/mol. The minimum absolute atomic E-state index is 0.650. The van der Waals surface area contributed by atoms with Crippen LogP contribution in [0.25, 0.3) is 20.7 Å². The van der Waals surface area contributed by atoms with Crippen LogP contribution in [-0.2, 0) is 0 Å². The smallest absolute Gasteiger partial charge is 0.125 e. The first-order valence-electron chi connectivity index (χ1n) is 5.43. The molecule has 0 radical (unpaired) electrons. The molecule has 0 spiro atoms. The second-order valence-corrected chi connectivity index (χ2v) is 4.89. The molecule has 3 rings (SSSR count). The fraction of sp³-hybridized carbons (Fsp3) is 0. The number of benzene rings is 1. The van der Waals surface area contributed by atoms with Gasteiger partial charge in [0.05, 0.1) is 22.2 Å². The summed E-state index contributed by atoms with van der Waals surface area (Å²) in [6.45, 7) is 0. The minimum atomic E-state index is 0.650. The van der Waals surface area contributed by atoms with E-state index in [1.165, 1.54) is 0 Å². The summed E-state index contributed by atoms with van der Waals surface area (Å²) in [5.74, 6) is 0. The fourth-order valence-electron chi connectivity index (χ4n) is 1.86. The van der Waals surface area contributed by atoms with Crippen molar-refractivity contribution >= 4 is 27.2 Å².